The van der Waals surface area contributed by atoms with Crippen molar-refractivity contribution in [3.63, 3.8) is 0 Å². The van der Waals surface area contributed by atoms with E-state index in [4.69, 9.17) is 14.6 Å². The SMILES string of the molecule is O=C(O)CCCCC(=O)NCc1cc(Br)c2c(c1)OCCO2. The van der Waals surface area contributed by atoms with Crippen molar-refractivity contribution in [3.8, 4) is 11.5 Å². The van der Waals surface area contributed by atoms with E-state index in [1.165, 1.54) is 0 Å². The fourth-order valence-corrected chi connectivity index (χ4v) is 2.72. The van der Waals surface area contributed by atoms with Crippen molar-refractivity contribution in [2.75, 3.05) is 13.2 Å². The van der Waals surface area contributed by atoms with Gasteiger partial charge in [0.1, 0.15) is 13.2 Å². The molecule has 1 heterocycles. The lowest BCUT2D eigenvalue weighted by molar-refractivity contribution is -0.137. The summed E-state index contributed by atoms with van der Waals surface area (Å²) in [6.07, 6.45) is 1.52. The third-order valence-corrected chi connectivity index (χ3v) is 3.78. The first kappa shape index (κ1) is 16.6. The van der Waals surface area contributed by atoms with Gasteiger partial charge in [-0.15, -0.1) is 0 Å². The second-order valence-corrected chi connectivity index (χ2v) is 5.83. The standard InChI is InChI=1S/C15H18BrNO5/c16-11-7-10(8-12-15(11)22-6-5-21-12)9-17-13(18)3-1-2-4-14(19)20/h7-8H,1-6,9H2,(H,17,18)(H,19,20). The number of fused-ring (bicyclic) bond motifs is 1. The maximum atomic E-state index is 11.7. The number of hydrogen-bond acceptors (Lipinski definition) is 4. The summed E-state index contributed by atoms with van der Waals surface area (Å²) in [7, 11) is 0. The molecule has 0 fully saturated rings. The maximum absolute atomic E-state index is 11.7. The summed E-state index contributed by atoms with van der Waals surface area (Å²) in [6, 6.07) is 3.74. The van der Waals surface area contributed by atoms with Crippen LogP contribution in [0.25, 0.3) is 0 Å². The van der Waals surface area contributed by atoms with Gasteiger partial charge in [0.15, 0.2) is 11.5 Å². The Morgan fingerprint density at radius 1 is 1.18 bits per heavy atom. The highest BCUT2D eigenvalue weighted by Gasteiger charge is 2.16. The average molecular weight is 372 g/mol. The number of unbranched alkanes of at least 4 members (excludes halogenated alkanes) is 1. The third kappa shape index (κ3) is 4.91. The number of carboxylic acids is 1. The molecule has 1 aliphatic heterocycles. The van der Waals surface area contributed by atoms with Crippen molar-refractivity contribution >= 4 is 27.8 Å². The number of carbonyl (C=O) groups excluding carboxylic acids is 1. The van der Waals surface area contributed by atoms with Crippen LogP contribution in [0.1, 0.15) is 31.2 Å². The van der Waals surface area contributed by atoms with Gasteiger partial charge >= 0.3 is 5.97 Å². The summed E-state index contributed by atoms with van der Waals surface area (Å²) in [6.45, 7) is 1.43. The van der Waals surface area contributed by atoms with Crippen molar-refractivity contribution < 1.29 is 24.2 Å². The number of ether oxygens (including phenoxy) is 2. The first-order valence-electron chi connectivity index (χ1n) is 7.13. The Kier molecular flexibility index (Phi) is 6.06. The number of benzene rings is 1. The van der Waals surface area contributed by atoms with E-state index in [1.54, 1.807) is 0 Å². The Morgan fingerprint density at radius 2 is 1.91 bits per heavy atom. The van der Waals surface area contributed by atoms with Gasteiger partial charge < -0.3 is 19.9 Å². The van der Waals surface area contributed by atoms with Crippen molar-refractivity contribution in [1.82, 2.24) is 5.32 Å². The van der Waals surface area contributed by atoms with Crippen LogP contribution in [0.4, 0.5) is 0 Å². The monoisotopic (exact) mass is 371 g/mol. The molecule has 1 aromatic carbocycles. The van der Waals surface area contributed by atoms with Crippen LogP contribution in [0.5, 0.6) is 11.5 Å². The van der Waals surface area contributed by atoms with Crippen LogP contribution in [-0.2, 0) is 16.1 Å². The quantitative estimate of drug-likeness (QED) is 0.719. The minimum absolute atomic E-state index is 0.0867. The Labute approximate surface area is 136 Å². The predicted molar refractivity (Wildman–Crippen MR) is 83.1 cm³/mol. The fraction of sp³-hybridized carbons (Fsp3) is 0.467. The molecule has 0 saturated heterocycles. The van der Waals surface area contributed by atoms with Crippen molar-refractivity contribution in [2.45, 2.75) is 32.2 Å². The number of aliphatic carboxylic acids is 1. The molecule has 6 nitrogen and oxygen atoms in total. The topological polar surface area (TPSA) is 84.9 Å². The molecule has 2 N–H and O–H groups in total. The predicted octanol–water partition coefficient (Wildman–Crippen LogP) is 2.48. The smallest absolute Gasteiger partial charge is 0.303 e. The van der Waals surface area contributed by atoms with E-state index in [-0.39, 0.29) is 12.3 Å². The van der Waals surface area contributed by atoms with Gasteiger partial charge in [0.2, 0.25) is 5.91 Å². The molecule has 1 amide bonds. The first-order chi connectivity index (χ1) is 10.6. The molecular weight excluding hydrogens is 354 g/mol. The highest BCUT2D eigenvalue weighted by Crippen LogP contribution is 2.38. The summed E-state index contributed by atoms with van der Waals surface area (Å²) in [5.41, 5.74) is 0.912. The van der Waals surface area contributed by atoms with Crippen LogP contribution in [0.2, 0.25) is 0 Å². The van der Waals surface area contributed by atoms with Crippen LogP contribution < -0.4 is 14.8 Å². The molecule has 0 radical (unpaired) electrons. The van der Waals surface area contributed by atoms with E-state index in [0.717, 1.165) is 10.0 Å². The molecule has 22 heavy (non-hydrogen) atoms. The summed E-state index contributed by atoms with van der Waals surface area (Å²) in [5, 5.41) is 11.3. The zero-order chi connectivity index (χ0) is 15.9. The second-order valence-electron chi connectivity index (χ2n) is 4.98. The van der Waals surface area contributed by atoms with Gasteiger partial charge in [0, 0.05) is 19.4 Å². The third-order valence-electron chi connectivity index (χ3n) is 3.19. The first-order valence-corrected chi connectivity index (χ1v) is 7.92. The van der Waals surface area contributed by atoms with Gasteiger partial charge in [-0.1, -0.05) is 0 Å². The molecule has 120 valence electrons. The molecule has 1 aliphatic rings. The van der Waals surface area contributed by atoms with Gasteiger partial charge in [-0.3, -0.25) is 9.59 Å². The molecule has 0 aromatic heterocycles. The normalized spacial score (nSPS) is 12.8. The lowest BCUT2D eigenvalue weighted by Gasteiger charge is -2.20. The summed E-state index contributed by atoms with van der Waals surface area (Å²) in [5.74, 6) is 0.444. The Bertz CT molecular complexity index is 561. The van der Waals surface area contributed by atoms with E-state index in [2.05, 4.69) is 21.2 Å². The zero-order valence-electron chi connectivity index (χ0n) is 12.1. The van der Waals surface area contributed by atoms with Crippen LogP contribution in [0.3, 0.4) is 0 Å². The van der Waals surface area contributed by atoms with Gasteiger partial charge in [-0.25, -0.2) is 0 Å². The number of halogens is 1. The molecular formula is C15H18BrNO5. The minimum atomic E-state index is -0.832. The van der Waals surface area contributed by atoms with Crippen LogP contribution >= 0.6 is 15.9 Å². The molecule has 0 atom stereocenters. The van der Waals surface area contributed by atoms with Gasteiger partial charge in [-0.05, 0) is 46.5 Å². The minimum Gasteiger partial charge on any atom is -0.486 e. The van der Waals surface area contributed by atoms with Gasteiger partial charge in [0.25, 0.3) is 0 Å². The van der Waals surface area contributed by atoms with Gasteiger partial charge in [-0.2, -0.15) is 0 Å². The Balaban J connectivity index is 1.80. The summed E-state index contributed by atoms with van der Waals surface area (Å²) < 4.78 is 11.8. The number of carbonyl (C=O) groups is 2. The highest BCUT2D eigenvalue weighted by molar-refractivity contribution is 9.10. The highest BCUT2D eigenvalue weighted by atomic mass is 79.9. The molecule has 0 saturated carbocycles. The Morgan fingerprint density at radius 3 is 2.68 bits per heavy atom. The van der Waals surface area contributed by atoms with E-state index < -0.39 is 5.97 Å². The van der Waals surface area contributed by atoms with Crippen molar-refractivity contribution in [3.05, 3.63) is 22.2 Å². The summed E-state index contributed by atoms with van der Waals surface area (Å²) >= 11 is 3.43. The molecule has 0 unspecified atom stereocenters. The molecule has 0 spiro atoms. The number of hydrogen-bond donors (Lipinski definition) is 2. The number of rotatable bonds is 7. The summed E-state index contributed by atoms with van der Waals surface area (Å²) in [4.78, 5) is 22.1. The second kappa shape index (κ2) is 8.03. The molecule has 7 heteroatoms. The number of amides is 1. The number of nitrogens with one attached hydrogen (secondary N) is 1. The molecule has 2 rings (SSSR count). The zero-order valence-corrected chi connectivity index (χ0v) is 13.6. The molecule has 1 aromatic rings. The molecule has 0 aliphatic carbocycles. The van der Waals surface area contributed by atoms with Crippen molar-refractivity contribution in [2.24, 2.45) is 0 Å². The van der Waals surface area contributed by atoms with Crippen LogP contribution in [0, 0.1) is 0 Å². The van der Waals surface area contributed by atoms with E-state index in [9.17, 15) is 9.59 Å². The van der Waals surface area contributed by atoms with Crippen LogP contribution in [-0.4, -0.2) is 30.2 Å². The lowest BCUT2D eigenvalue weighted by atomic mass is 10.1. The van der Waals surface area contributed by atoms with E-state index in [1.807, 2.05) is 12.1 Å². The molecule has 0 bridgehead atoms. The Hall–Kier alpha value is -1.76. The average Bonchev–Trinajstić information content (AvgIpc) is 2.49. The van der Waals surface area contributed by atoms with Gasteiger partial charge in [0.05, 0.1) is 4.47 Å². The lowest BCUT2D eigenvalue weighted by Crippen LogP contribution is -2.23. The maximum Gasteiger partial charge on any atom is 0.303 e. The van der Waals surface area contributed by atoms with Crippen molar-refractivity contribution in [1.29, 1.82) is 0 Å². The largest absolute Gasteiger partial charge is 0.486 e. The van der Waals surface area contributed by atoms with E-state index >= 15 is 0 Å². The van der Waals surface area contributed by atoms with Crippen LogP contribution in [0.15, 0.2) is 16.6 Å². The number of carboxylic acid groups (broad SMARTS) is 1. The van der Waals surface area contributed by atoms with E-state index in [0.29, 0.717) is 50.5 Å². The fourth-order valence-electron chi connectivity index (χ4n) is 2.12.